The van der Waals surface area contributed by atoms with Crippen molar-refractivity contribution in [2.45, 2.75) is 99.1 Å². The van der Waals surface area contributed by atoms with Gasteiger partial charge in [-0.15, -0.1) is 0 Å². The van der Waals surface area contributed by atoms with Gasteiger partial charge in [-0.2, -0.15) is 0 Å². The zero-order valence-corrected chi connectivity index (χ0v) is 23.0. The average Bonchev–Trinajstić information content (AvgIpc) is 2.45. The molecule has 152 valence electrons. The van der Waals surface area contributed by atoms with Crippen LogP contribution in [0, 0.1) is 23.7 Å². The molecular formula is C20H38Br4O. The topological polar surface area (TPSA) is 20.2 Å². The first-order valence-electron chi connectivity index (χ1n) is 9.85. The highest BCUT2D eigenvalue weighted by Crippen LogP contribution is 2.52. The summed E-state index contributed by atoms with van der Waals surface area (Å²) in [4.78, 5) is 0. The van der Waals surface area contributed by atoms with Crippen LogP contribution >= 0.6 is 63.7 Å². The molecular weight excluding hydrogens is 576 g/mol. The maximum absolute atomic E-state index is 10.1. The highest BCUT2D eigenvalue weighted by molar-refractivity contribution is 9.30. The SMILES string of the molecule is CC(C)CCCC(C)CCCC(C)CCCC(C)C(Br)(Br)C(O)(Br)Br. The maximum atomic E-state index is 10.1. The minimum atomic E-state index is -1.15. The molecule has 0 heterocycles. The lowest BCUT2D eigenvalue weighted by Gasteiger charge is -2.35. The van der Waals surface area contributed by atoms with E-state index in [1.165, 1.54) is 51.4 Å². The van der Waals surface area contributed by atoms with E-state index in [0.717, 1.165) is 24.2 Å². The Hall–Kier alpha value is 1.88. The molecule has 0 bridgehead atoms. The Morgan fingerprint density at radius 3 is 1.36 bits per heavy atom. The Labute approximate surface area is 190 Å². The Bertz CT molecular complexity index is 339. The standard InChI is InChI=1S/C20H38Br4O/c1-15(2)9-6-10-16(3)11-7-12-17(4)13-8-14-18(5)19(21,22)20(23,24)25/h15-18,25H,6-14H2,1-5H3. The van der Waals surface area contributed by atoms with E-state index in [2.05, 4.69) is 98.3 Å². The van der Waals surface area contributed by atoms with Crippen LogP contribution in [0.1, 0.15) is 92.4 Å². The molecule has 3 atom stereocenters. The van der Waals surface area contributed by atoms with Crippen molar-refractivity contribution in [1.82, 2.24) is 0 Å². The van der Waals surface area contributed by atoms with Crippen molar-refractivity contribution in [2.75, 3.05) is 0 Å². The van der Waals surface area contributed by atoms with Crippen LogP contribution in [0.4, 0.5) is 0 Å². The van der Waals surface area contributed by atoms with Crippen LogP contribution in [0.15, 0.2) is 0 Å². The Balaban J connectivity index is 3.86. The van der Waals surface area contributed by atoms with Gasteiger partial charge in [-0.25, -0.2) is 0 Å². The molecule has 0 amide bonds. The summed E-state index contributed by atoms with van der Waals surface area (Å²) in [6, 6.07) is 0. The Morgan fingerprint density at radius 2 is 1.00 bits per heavy atom. The second-order valence-corrected chi connectivity index (χ2v) is 15.4. The highest BCUT2D eigenvalue weighted by Gasteiger charge is 2.47. The van der Waals surface area contributed by atoms with Crippen molar-refractivity contribution < 1.29 is 5.11 Å². The van der Waals surface area contributed by atoms with Gasteiger partial charge in [-0.3, -0.25) is 0 Å². The minimum Gasteiger partial charge on any atom is -0.368 e. The predicted molar refractivity (Wildman–Crippen MR) is 127 cm³/mol. The van der Waals surface area contributed by atoms with Gasteiger partial charge in [0.15, 0.2) is 0 Å². The first-order valence-corrected chi connectivity index (χ1v) is 13.0. The van der Waals surface area contributed by atoms with Gasteiger partial charge in [0.1, 0.15) is 3.23 Å². The lowest BCUT2D eigenvalue weighted by molar-refractivity contribution is 0.205. The van der Waals surface area contributed by atoms with E-state index >= 15 is 0 Å². The average molecular weight is 614 g/mol. The van der Waals surface area contributed by atoms with Crippen molar-refractivity contribution in [3.05, 3.63) is 0 Å². The summed E-state index contributed by atoms with van der Waals surface area (Å²) in [5, 5.41) is 10.1. The van der Waals surface area contributed by atoms with E-state index in [9.17, 15) is 5.11 Å². The third-order valence-electron chi connectivity index (χ3n) is 5.23. The number of rotatable bonds is 14. The van der Waals surface area contributed by atoms with Crippen LogP contribution < -0.4 is 0 Å². The van der Waals surface area contributed by atoms with Gasteiger partial charge in [0, 0.05) is 0 Å². The molecule has 1 N–H and O–H groups in total. The van der Waals surface area contributed by atoms with E-state index in [1.54, 1.807) is 0 Å². The first-order chi connectivity index (χ1) is 11.4. The third-order valence-corrected chi connectivity index (χ3v) is 11.3. The molecule has 0 aliphatic rings. The van der Waals surface area contributed by atoms with Crippen LogP contribution in [-0.2, 0) is 0 Å². The molecule has 0 radical (unpaired) electrons. The van der Waals surface area contributed by atoms with Gasteiger partial charge >= 0.3 is 0 Å². The van der Waals surface area contributed by atoms with E-state index in [4.69, 9.17) is 0 Å². The lowest BCUT2D eigenvalue weighted by Crippen LogP contribution is -2.39. The summed E-state index contributed by atoms with van der Waals surface area (Å²) in [5.74, 6) is 2.81. The molecule has 0 fully saturated rings. The predicted octanol–water partition coefficient (Wildman–Crippen LogP) is 8.98. The Morgan fingerprint density at radius 1 is 0.640 bits per heavy atom. The second kappa shape index (κ2) is 13.2. The molecule has 5 heteroatoms. The Kier molecular flexibility index (Phi) is 14.2. The number of halogens is 4. The van der Waals surface area contributed by atoms with Gasteiger partial charge in [0.05, 0.1) is 0 Å². The summed E-state index contributed by atoms with van der Waals surface area (Å²) in [7, 11) is 0. The summed E-state index contributed by atoms with van der Waals surface area (Å²) < 4.78 is -1.72. The number of hydrogen-bond donors (Lipinski definition) is 1. The molecule has 0 aliphatic heterocycles. The van der Waals surface area contributed by atoms with Crippen molar-refractivity contribution in [3.8, 4) is 0 Å². The normalized spacial score (nSPS) is 16.9. The zero-order chi connectivity index (χ0) is 19.7. The number of hydrogen-bond acceptors (Lipinski definition) is 1. The fourth-order valence-corrected chi connectivity index (χ4v) is 4.47. The molecule has 0 spiro atoms. The highest BCUT2D eigenvalue weighted by atomic mass is 79.9. The first kappa shape index (κ1) is 26.9. The van der Waals surface area contributed by atoms with Gasteiger partial charge in [-0.1, -0.05) is 118 Å². The van der Waals surface area contributed by atoms with Gasteiger partial charge in [0.25, 0.3) is 0 Å². The van der Waals surface area contributed by atoms with Crippen LogP contribution in [0.2, 0.25) is 0 Å². The van der Waals surface area contributed by atoms with Crippen molar-refractivity contribution in [3.63, 3.8) is 0 Å². The fourth-order valence-electron chi connectivity index (χ4n) is 3.23. The van der Waals surface area contributed by atoms with Crippen LogP contribution in [-0.4, -0.2) is 11.8 Å². The molecule has 3 unspecified atom stereocenters. The smallest absolute Gasteiger partial charge is 0.200 e. The van der Waals surface area contributed by atoms with E-state index in [0.29, 0.717) is 5.92 Å². The van der Waals surface area contributed by atoms with Crippen LogP contribution in [0.25, 0.3) is 0 Å². The van der Waals surface area contributed by atoms with E-state index < -0.39 is 6.65 Å². The molecule has 0 rings (SSSR count). The molecule has 25 heavy (non-hydrogen) atoms. The lowest BCUT2D eigenvalue weighted by atomic mass is 9.91. The quantitative estimate of drug-likeness (QED) is 0.194. The largest absolute Gasteiger partial charge is 0.368 e. The summed E-state index contributed by atoms with van der Waals surface area (Å²) in [6.45, 7) is 11.6. The maximum Gasteiger partial charge on any atom is 0.200 e. The summed E-state index contributed by atoms with van der Waals surface area (Å²) in [5.41, 5.74) is 0. The van der Waals surface area contributed by atoms with Crippen molar-refractivity contribution in [1.29, 1.82) is 0 Å². The molecule has 0 aromatic carbocycles. The van der Waals surface area contributed by atoms with E-state index in [1.807, 2.05) is 0 Å². The molecule has 0 aliphatic carbocycles. The fraction of sp³-hybridized carbons (Fsp3) is 1.00. The van der Waals surface area contributed by atoms with Gasteiger partial charge in [0.2, 0.25) is 3.42 Å². The molecule has 0 aromatic rings. The van der Waals surface area contributed by atoms with Gasteiger partial charge < -0.3 is 5.11 Å². The minimum absolute atomic E-state index is 0.296. The molecule has 1 nitrogen and oxygen atoms in total. The van der Waals surface area contributed by atoms with Crippen molar-refractivity contribution in [2.24, 2.45) is 23.7 Å². The van der Waals surface area contributed by atoms with Crippen molar-refractivity contribution >= 4 is 63.7 Å². The zero-order valence-electron chi connectivity index (χ0n) is 16.6. The number of alkyl halides is 4. The van der Waals surface area contributed by atoms with Crippen LogP contribution in [0.3, 0.4) is 0 Å². The number of aliphatic hydroxyl groups is 1. The van der Waals surface area contributed by atoms with Crippen LogP contribution in [0.5, 0.6) is 0 Å². The summed E-state index contributed by atoms with van der Waals surface area (Å²) in [6.07, 6.45) is 11.8. The third kappa shape index (κ3) is 12.1. The monoisotopic (exact) mass is 610 g/mol. The molecule has 0 aromatic heterocycles. The summed E-state index contributed by atoms with van der Waals surface area (Å²) >= 11 is 13.7. The molecule has 0 saturated carbocycles. The second-order valence-electron chi connectivity index (χ2n) is 8.46. The molecule has 0 saturated heterocycles. The van der Waals surface area contributed by atoms with Gasteiger partial charge in [-0.05, 0) is 62.0 Å². The van der Waals surface area contributed by atoms with E-state index in [-0.39, 0.29) is 0 Å².